The van der Waals surface area contributed by atoms with Crippen LogP contribution < -0.4 is 16.0 Å². The number of hydrogen-bond acceptors (Lipinski definition) is 3. The summed E-state index contributed by atoms with van der Waals surface area (Å²) < 4.78 is 5.70. The molecule has 2 atom stereocenters. The fourth-order valence-corrected chi connectivity index (χ4v) is 2.62. The number of nitrogens with two attached hydrogens (primary N) is 1. The Bertz CT molecular complexity index is 398. The van der Waals surface area contributed by atoms with E-state index in [4.69, 9.17) is 10.6 Å². The van der Waals surface area contributed by atoms with Crippen LogP contribution in [-0.2, 0) is 0 Å². The molecule has 1 aromatic rings. The van der Waals surface area contributed by atoms with Gasteiger partial charge in [0.2, 0.25) is 0 Å². The number of fused-ring (bicyclic) bond motifs is 1. The number of benzene rings is 1. The van der Waals surface area contributed by atoms with Gasteiger partial charge in [-0.2, -0.15) is 0 Å². The molecule has 2 unspecified atom stereocenters. The second-order valence-corrected chi connectivity index (χ2v) is 6.19. The molecule has 0 aromatic heterocycles. The molecular weight excluding hydrogens is 224 g/mol. The average molecular weight is 248 g/mol. The van der Waals surface area contributed by atoms with Crippen molar-refractivity contribution in [3.05, 3.63) is 29.8 Å². The molecule has 1 aliphatic rings. The Labute approximate surface area is 110 Å². The molecule has 0 fully saturated rings. The highest BCUT2D eigenvalue weighted by molar-refractivity contribution is 5.37. The van der Waals surface area contributed by atoms with Crippen LogP contribution >= 0.6 is 0 Å². The first kappa shape index (κ1) is 13.4. The van der Waals surface area contributed by atoms with Gasteiger partial charge in [-0.05, 0) is 35.8 Å². The van der Waals surface area contributed by atoms with Gasteiger partial charge in [0, 0.05) is 6.04 Å². The highest BCUT2D eigenvalue weighted by Gasteiger charge is 2.29. The lowest BCUT2D eigenvalue weighted by molar-refractivity contribution is 0.211. The number of hydrogen-bond donors (Lipinski definition) is 2. The predicted octanol–water partition coefficient (Wildman–Crippen LogP) is 2.82. The Morgan fingerprint density at radius 1 is 1.39 bits per heavy atom. The molecule has 0 aliphatic carbocycles. The zero-order valence-electron chi connectivity index (χ0n) is 11.6. The number of nitrogens with one attached hydrogen (secondary N) is 1. The number of para-hydroxylation sites is 1. The molecule has 0 saturated carbocycles. The van der Waals surface area contributed by atoms with Crippen molar-refractivity contribution in [2.75, 3.05) is 6.61 Å². The topological polar surface area (TPSA) is 47.3 Å². The molecule has 2 rings (SSSR count). The van der Waals surface area contributed by atoms with Gasteiger partial charge in [0.1, 0.15) is 5.75 Å². The summed E-state index contributed by atoms with van der Waals surface area (Å²) in [5.41, 5.74) is 4.48. The summed E-state index contributed by atoms with van der Waals surface area (Å²) in [5.74, 6) is 7.29. The quantitative estimate of drug-likeness (QED) is 0.639. The highest BCUT2D eigenvalue weighted by atomic mass is 16.5. The summed E-state index contributed by atoms with van der Waals surface area (Å²) in [6.45, 7) is 7.48. The molecule has 0 radical (unpaired) electrons. The van der Waals surface area contributed by atoms with E-state index in [1.165, 1.54) is 5.56 Å². The third kappa shape index (κ3) is 2.85. The summed E-state index contributed by atoms with van der Waals surface area (Å²) in [5, 5.41) is 0. The minimum atomic E-state index is 0.169. The van der Waals surface area contributed by atoms with E-state index >= 15 is 0 Å². The van der Waals surface area contributed by atoms with Crippen LogP contribution in [0.25, 0.3) is 0 Å². The Morgan fingerprint density at radius 3 is 2.78 bits per heavy atom. The van der Waals surface area contributed by atoms with Crippen molar-refractivity contribution in [1.82, 2.24) is 5.43 Å². The molecule has 100 valence electrons. The van der Waals surface area contributed by atoms with Crippen LogP contribution in [0.1, 0.15) is 45.1 Å². The SMILES string of the molecule is CC(C)(C)C(CC1CCOc2ccccc21)NN. The fraction of sp³-hybridized carbons (Fsp3) is 0.600. The standard InChI is InChI=1S/C15H24N2O/c1-15(2,3)14(17-16)10-11-8-9-18-13-7-5-4-6-12(11)13/h4-7,11,14,17H,8-10,16H2,1-3H3. The summed E-state index contributed by atoms with van der Waals surface area (Å²) in [4.78, 5) is 0. The lowest BCUT2D eigenvalue weighted by Crippen LogP contribution is -2.45. The minimum Gasteiger partial charge on any atom is -0.493 e. The van der Waals surface area contributed by atoms with E-state index in [1.807, 2.05) is 6.07 Å². The van der Waals surface area contributed by atoms with Crippen molar-refractivity contribution >= 4 is 0 Å². The van der Waals surface area contributed by atoms with Gasteiger partial charge in [-0.3, -0.25) is 11.3 Å². The largest absolute Gasteiger partial charge is 0.493 e. The second-order valence-electron chi connectivity index (χ2n) is 6.19. The van der Waals surface area contributed by atoms with Gasteiger partial charge in [-0.1, -0.05) is 39.0 Å². The van der Waals surface area contributed by atoms with Gasteiger partial charge in [0.15, 0.2) is 0 Å². The van der Waals surface area contributed by atoms with Crippen molar-refractivity contribution in [2.45, 2.75) is 45.6 Å². The predicted molar refractivity (Wildman–Crippen MR) is 74.5 cm³/mol. The van der Waals surface area contributed by atoms with Crippen LogP contribution in [0, 0.1) is 5.41 Å². The Kier molecular flexibility index (Phi) is 3.93. The summed E-state index contributed by atoms with van der Waals surface area (Å²) >= 11 is 0. The van der Waals surface area contributed by atoms with Crippen molar-refractivity contribution in [3.8, 4) is 5.75 Å². The lowest BCUT2D eigenvalue weighted by atomic mass is 9.78. The van der Waals surface area contributed by atoms with Crippen LogP contribution in [0.5, 0.6) is 5.75 Å². The van der Waals surface area contributed by atoms with Crippen LogP contribution in [-0.4, -0.2) is 12.6 Å². The highest BCUT2D eigenvalue weighted by Crippen LogP contribution is 2.38. The van der Waals surface area contributed by atoms with Crippen molar-refractivity contribution < 1.29 is 4.74 Å². The Balaban J connectivity index is 2.16. The zero-order valence-corrected chi connectivity index (χ0v) is 11.6. The maximum atomic E-state index is 5.71. The molecule has 0 spiro atoms. The molecule has 1 heterocycles. The average Bonchev–Trinajstić information content (AvgIpc) is 2.34. The first-order chi connectivity index (χ1) is 8.52. The van der Waals surface area contributed by atoms with E-state index in [9.17, 15) is 0 Å². The first-order valence-corrected chi connectivity index (χ1v) is 6.70. The smallest absolute Gasteiger partial charge is 0.122 e. The van der Waals surface area contributed by atoms with Gasteiger partial charge < -0.3 is 4.74 Å². The molecule has 0 bridgehead atoms. The number of hydrazine groups is 1. The third-order valence-electron chi connectivity index (χ3n) is 3.85. The summed E-state index contributed by atoms with van der Waals surface area (Å²) in [6.07, 6.45) is 2.13. The molecule has 3 nitrogen and oxygen atoms in total. The van der Waals surface area contributed by atoms with E-state index < -0.39 is 0 Å². The van der Waals surface area contributed by atoms with Crippen LogP contribution in [0.3, 0.4) is 0 Å². The molecule has 18 heavy (non-hydrogen) atoms. The van der Waals surface area contributed by atoms with Crippen molar-refractivity contribution in [1.29, 1.82) is 0 Å². The first-order valence-electron chi connectivity index (χ1n) is 6.70. The second kappa shape index (κ2) is 5.29. The van der Waals surface area contributed by atoms with Crippen molar-refractivity contribution in [3.63, 3.8) is 0 Å². The van der Waals surface area contributed by atoms with E-state index in [1.54, 1.807) is 0 Å². The van der Waals surface area contributed by atoms with Crippen LogP contribution in [0.15, 0.2) is 24.3 Å². The van der Waals surface area contributed by atoms with E-state index in [0.717, 1.165) is 25.2 Å². The molecule has 1 aliphatic heterocycles. The normalized spacial score (nSPS) is 21.0. The zero-order chi connectivity index (χ0) is 13.2. The maximum absolute atomic E-state index is 5.71. The number of ether oxygens (including phenoxy) is 1. The van der Waals surface area contributed by atoms with E-state index in [-0.39, 0.29) is 5.41 Å². The van der Waals surface area contributed by atoms with Crippen LogP contribution in [0.2, 0.25) is 0 Å². The molecule has 0 saturated heterocycles. The molecule has 3 heteroatoms. The van der Waals surface area contributed by atoms with Crippen molar-refractivity contribution in [2.24, 2.45) is 11.3 Å². The fourth-order valence-electron chi connectivity index (χ4n) is 2.62. The molecule has 3 N–H and O–H groups in total. The minimum absolute atomic E-state index is 0.169. The van der Waals surface area contributed by atoms with E-state index in [0.29, 0.717) is 12.0 Å². The van der Waals surface area contributed by atoms with Gasteiger partial charge in [0.05, 0.1) is 6.61 Å². The molecular formula is C15H24N2O. The monoisotopic (exact) mass is 248 g/mol. The Morgan fingerprint density at radius 2 is 2.11 bits per heavy atom. The molecule has 1 aromatic carbocycles. The number of rotatable bonds is 3. The van der Waals surface area contributed by atoms with Crippen LogP contribution in [0.4, 0.5) is 0 Å². The third-order valence-corrected chi connectivity index (χ3v) is 3.85. The maximum Gasteiger partial charge on any atom is 0.122 e. The van der Waals surface area contributed by atoms with E-state index in [2.05, 4.69) is 44.4 Å². The van der Waals surface area contributed by atoms with Gasteiger partial charge in [-0.15, -0.1) is 0 Å². The summed E-state index contributed by atoms with van der Waals surface area (Å²) in [6, 6.07) is 8.67. The lowest BCUT2D eigenvalue weighted by Gasteiger charge is -2.35. The van der Waals surface area contributed by atoms with Gasteiger partial charge in [0.25, 0.3) is 0 Å². The summed E-state index contributed by atoms with van der Waals surface area (Å²) in [7, 11) is 0. The van der Waals surface area contributed by atoms with Gasteiger partial charge >= 0.3 is 0 Å². The van der Waals surface area contributed by atoms with Gasteiger partial charge in [-0.25, -0.2) is 0 Å². The Hall–Kier alpha value is -1.06. The molecule has 0 amide bonds.